The Hall–Kier alpha value is -2.87. The molecule has 0 aliphatic heterocycles. The van der Waals surface area contributed by atoms with E-state index in [-0.39, 0.29) is 48.5 Å². The van der Waals surface area contributed by atoms with E-state index in [4.69, 9.17) is 9.26 Å². The fourth-order valence-corrected chi connectivity index (χ4v) is 3.50. The molecular weight excluding hydrogens is 422 g/mol. The number of benzene rings is 3. The number of ether oxygens (including phenoxy) is 1. The van der Waals surface area contributed by atoms with E-state index < -0.39 is 11.4 Å². The predicted molar refractivity (Wildman–Crippen MR) is 114 cm³/mol. The van der Waals surface area contributed by atoms with Crippen molar-refractivity contribution in [1.29, 1.82) is 0 Å². The Bertz CT molecular complexity index is 1320. The average molecular weight is 442 g/mol. The zero-order chi connectivity index (χ0) is 22.0. The molecule has 158 valence electrons. The number of halogens is 1. The van der Waals surface area contributed by atoms with E-state index >= 15 is 0 Å². The quantitative estimate of drug-likeness (QED) is 0.413. The van der Waals surface area contributed by atoms with Crippen molar-refractivity contribution in [3.63, 3.8) is 0 Å². The van der Waals surface area contributed by atoms with Crippen LogP contribution in [0.15, 0.2) is 74.8 Å². The molecule has 0 unspecified atom stereocenters. The summed E-state index contributed by atoms with van der Waals surface area (Å²) in [4.78, 5) is 25.6. The van der Waals surface area contributed by atoms with E-state index in [1.165, 1.54) is 6.07 Å². The van der Waals surface area contributed by atoms with Gasteiger partial charge in [-0.05, 0) is 65.9 Å². The van der Waals surface area contributed by atoms with Gasteiger partial charge < -0.3 is 14.2 Å². The number of aromatic nitrogens is 2. The predicted octanol–water partition coefficient (Wildman–Crippen LogP) is 0.813. The van der Waals surface area contributed by atoms with Crippen LogP contribution in [-0.2, 0) is 13.2 Å². The Kier molecular flexibility index (Phi) is 7.56. The summed E-state index contributed by atoms with van der Waals surface area (Å²) in [6.45, 7) is 4.32. The van der Waals surface area contributed by atoms with E-state index in [1.54, 1.807) is 30.3 Å². The minimum atomic E-state index is -0.912. The van der Waals surface area contributed by atoms with Gasteiger partial charge in [-0.1, -0.05) is 36.4 Å². The molecule has 0 aliphatic carbocycles. The van der Waals surface area contributed by atoms with Crippen molar-refractivity contribution in [3.8, 4) is 16.9 Å². The molecule has 1 aromatic heterocycles. The fourth-order valence-electron chi connectivity index (χ4n) is 3.50. The summed E-state index contributed by atoms with van der Waals surface area (Å²) in [5, 5.41) is 0. The minimum Gasteiger partial charge on any atom is -0.489 e. The summed E-state index contributed by atoms with van der Waals surface area (Å²) >= 11 is 0. The van der Waals surface area contributed by atoms with Gasteiger partial charge in [-0.3, -0.25) is 9.53 Å². The SMILES string of the molecule is Cc1cccc(C)c1-c1cc(COc2ccc(Cn3oc(=O)[n-]c3=O)cc2)ccc1F.[Na+]. The minimum absolute atomic E-state index is 0. The van der Waals surface area contributed by atoms with Gasteiger partial charge in [0.1, 0.15) is 18.2 Å². The van der Waals surface area contributed by atoms with Crippen molar-refractivity contribution < 1.29 is 43.2 Å². The summed E-state index contributed by atoms with van der Waals surface area (Å²) in [5.74, 6) is -0.560. The zero-order valence-electron chi connectivity index (χ0n) is 18.1. The molecule has 4 aromatic rings. The summed E-state index contributed by atoms with van der Waals surface area (Å²) in [6.07, 6.45) is 0. The maximum atomic E-state index is 14.5. The van der Waals surface area contributed by atoms with E-state index in [2.05, 4.69) is 4.98 Å². The summed E-state index contributed by atoms with van der Waals surface area (Å²) in [6, 6.07) is 17.9. The van der Waals surface area contributed by atoms with Crippen LogP contribution < -0.4 is 50.7 Å². The molecule has 0 bridgehead atoms. The molecule has 0 radical (unpaired) electrons. The number of nitrogens with zero attached hydrogens (tertiary/aromatic N) is 2. The number of aryl methyl sites for hydroxylation is 2. The van der Waals surface area contributed by atoms with Crippen LogP contribution in [0.3, 0.4) is 0 Å². The Labute approximate surface area is 205 Å². The van der Waals surface area contributed by atoms with Gasteiger partial charge in [-0.15, -0.1) is 0 Å². The molecule has 0 fully saturated rings. The molecule has 0 N–H and O–H groups in total. The second-order valence-corrected chi connectivity index (χ2v) is 7.30. The molecule has 1 heterocycles. The molecule has 0 spiro atoms. The number of hydrogen-bond donors (Lipinski definition) is 0. The average Bonchev–Trinajstić information content (AvgIpc) is 3.06. The molecule has 0 aliphatic rings. The fraction of sp³-hybridized carbons (Fsp3) is 0.167. The molecule has 3 aromatic carbocycles. The van der Waals surface area contributed by atoms with E-state index in [9.17, 15) is 14.0 Å². The van der Waals surface area contributed by atoms with E-state index in [0.717, 1.165) is 32.6 Å². The van der Waals surface area contributed by atoms with Crippen LogP contribution in [0, 0.1) is 19.7 Å². The molecule has 0 atom stereocenters. The Morgan fingerprint density at radius 2 is 1.62 bits per heavy atom. The maximum absolute atomic E-state index is 14.5. The second kappa shape index (κ2) is 10.2. The van der Waals surface area contributed by atoms with Crippen LogP contribution >= 0.6 is 0 Å². The first-order chi connectivity index (χ1) is 14.9. The smallest absolute Gasteiger partial charge is 0.489 e. The van der Waals surface area contributed by atoms with Gasteiger partial charge >= 0.3 is 35.3 Å². The van der Waals surface area contributed by atoms with Crippen LogP contribution in [0.2, 0.25) is 0 Å². The third-order valence-corrected chi connectivity index (χ3v) is 5.02. The van der Waals surface area contributed by atoms with Gasteiger partial charge in [-0.2, -0.15) is 0 Å². The molecule has 8 heteroatoms. The topological polar surface area (TPSA) is 75.5 Å². The van der Waals surface area contributed by atoms with Crippen LogP contribution in [0.1, 0.15) is 22.3 Å². The van der Waals surface area contributed by atoms with Crippen LogP contribution in [0.5, 0.6) is 5.75 Å². The summed E-state index contributed by atoms with van der Waals surface area (Å²) in [7, 11) is 0. The first-order valence-corrected chi connectivity index (χ1v) is 9.72. The van der Waals surface area contributed by atoms with Crippen molar-refractivity contribution in [2.45, 2.75) is 27.0 Å². The van der Waals surface area contributed by atoms with Crippen molar-refractivity contribution >= 4 is 0 Å². The molecule has 6 nitrogen and oxygen atoms in total. The Morgan fingerprint density at radius 3 is 2.25 bits per heavy atom. The van der Waals surface area contributed by atoms with Crippen LogP contribution in [0.25, 0.3) is 11.1 Å². The third kappa shape index (κ3) is 5.30. The number of hydrogen-bond acceptors (Lipinski definition) is 4. The van der Waals surface area contributed by atoms with Gasteiger partial charge in [0.05, 0.1) is 0 Å². The number of rotatable bonds is 6. The van der Waals surface area contributed by atoms with Crippen molar-refractivity contribution in [2.75, 3.05) is 0 Å². The van der Waals surface area contributed by atoms with Crippen LogP contribution in [-0.4, -0.2) is 4.74 Å². The molecule has 0 saturated carbocycles. The molecular formula is C24H20FN2NaO4. The van der Waals surface area contributed by atoms with Crippen molar-refractivity contribution in [3.05, 3.63) is 110 Å². The van der Waals surface area contributed by atoms with Crippen LogP contribution in [0.4, 0.5) is 4.39 Å². The van der Waals surface area contributed by atoms with Gasteiger partial charge in [-0.25, -0.2) is 9.18 Å². The van der Waals surface area contributed by atoms with Gasteiger partial charge in [0, 0.05) is 12.1 Å². The van der Waals surface area contributed by atoms with E-state index in [1.807, 2.05) is 38.1 Å². The maximum Gasteiger partial charge on any atom is 1.00 e. The van der Waals surface area contributed by atoms with Crippen molar-refractivity contribution in [1.82, 2.24) is 9.72 Å². The molecule has 0 amide bonds. The normalized spacial score (nSPS) is 10.6. The third-order valence-electron chi connectivity index (χ3n) is 5.02. The second-order valence-electron chi connectivity index (χ2n) is 7.30. The monoisotopic (exact) mass is 442 g/mol. The molecule has 32 heavy (non-hydrogen) atoms. The van der Waals surface area contributed by atoms with Gasteiger partial charge in [0.15, 0.2) is 5.69 Å². The molecule has 4 rings (SSSR count). The Balaban J connectivity index is 0.00000289. The van der Waals surface area contributed by atoms with E-state index in [0.29, 0.717) is 11.3 Å². The first-order valence-electron chi connectivity index (χ1n) is 9.72. The molecule has 0 saturated heterocycles. The first kappa shape index (κ1) is 23.8. The Morgan fingerprint density at radius 1 is 0.969 bits per heavy atom. The zero-order valence-corrected chi connectivity index (χ0v) is 20.1. The summed E-state index contributed by atoms with van der Waals surface area (Å²) in [5.41, 5.74) is 4.37. The van der Waals surface area contributed by atoms with Gasteiger partial charge in [0.25, 0.3) is 0 Å². The standard InChI is InChI=1S/C24H21FN2O4.Na/c1-15-4-3-5-16(2)22(15)20-12-18(8-11-21(20)25)14-30-19-9-6-17(7-10-19)13-27-23(28)26-24(29)31-27;/h3-12H,13-14H2,1-2H3,(H,26,28,29);/q;+1/p-1. The summed E-state index contributed by atoms with van der Waals surface area (Å²) < 4.78 is 26.0. The largest absolute Gasteiger partial charge is 1.00 e. The van der Waals surface area contributed by atoms with Gasteiger partial charge in [0.2, 0.25) is 0 Å². The van der Waals surface area contributed by atoms with Crippen molar-refractivity contribution in [2.24, 2.45) is 0 Å².